The van der Waals surface area contributed by atoms with E-state index in [4.69, 9.17) is 9.76 Å². The number of hydrogen-bond donors (Lipinski definition) is 5. The minimum Gasteiger partial charge on any atom is -0.534 e. The summed E-state index contributed by atoms with van der Waals surface area (Å²) in [5.74, 6) is -2.16. The Morgan fingerprint density at radius 2 is 2.21 bits per heavy atom. The fraction of sp³-hybridized carbons (Fsp3) is 0.375. The number of benzene rings is 1. The zero-order valence-electron chi connectivity index (χ0n) is 14.9. The van der Waals surface area contributed by atoms with E-state index in [1.54, 1.807) is 18.3 Å². The van der Waals surface area contributed by atoms with Crippen molar-refractivity contribution in [1.82, 2.24) is 25.6 Å². The predicted molar refractivity (Wildman–Crippen MR) is 96.5 cm³/mol. The van der Waals surface area contributed by atoms with Crippen molar-refractivity contribution in [2.45, 2.75) is 25.5 Å². The minimum atomic E-state index is -1.37. The summed E-state index contributed by atoms with van der Waals surface area (Å²) in [7, 11) is -1.37. The Balaban J connectivity index is 1.59. The highest BCUT2D eigenvalue weighted by Gasteiger charge is 2.37. The zero-order valence-corrected chi connectivity index (χ0v) is 14.9. The second-order valence-corrected chi connectivity index (χ2v) is 6.29. The summed E-state index contributed by atoms with van der Waals surface area (Å²) < 4.78 is 6.70. The van der Waals surface area contributed by atoms with Gasteiger partial charge in [0, 0.05) is 13.1 Å². The molecule has 0 saturated heterocycles. The van der Waals surface area contributed by atoms with Crippen molar-refractivity contribution in [3.05, 3.63) is 41.2 Å². The second-order valence-electron chi connectivity index (χ2n) is 6.29. The van der Waals surface area contributed by atoms with Gasteiger partial charge in [0.15, 0.2) is 0 Å². The third-order valence-corrected chi connectivity index (χ3v) is 4.18. The Hall–Kier alpha value is -2.96. The van der Waals surface area contributed by atoms with E-state index in [0.717, 1.165) is 0 Å². The monoisotopic (exact) mass is 389 g/mol. The number of nitrogens with zero attached hydrogens (tertiary/aromatic N) is 3. The summed E-state index contributed by atoms with van der Waals surface area (Å²) >= 11 is 0. The van der Waals surface area contributed by atoms with Crippen LogP contribution in [0.1, 0.15) is 21.6 Å². The highest BCUT2D eigenvalue weighted by molar-refractivity contribution is 6.47. The molecule has 1 unspecified atom stereocenters. The number of carbonyl (C=O) groups is 2. The van der Waals surface area contributed by atoms with Crippen molar-refractivity contribution >= 4 is 19.0 Å². The normalized spacial score (nSPS) is 15.6. The number of aromatic nitrogens is 3. The summed E-state index contributed by atoms with van der Waals surface area (Å²) in [5.41, 5.74) is 1.18. The van der Waals surface area contributed by atoms with Gasteiger partial charge in [-0.25, -0.2) is 9.48 Å². The van der Waals surface area contributed by atoms with Gasteiger partial charge in [0.05, 0.1) is 30.0 Å². The van der Waals surface area contributed by atoms with Crippen LogP contribution in [0.15, 0.2) is 24.4 Å². The van der Waals surface area contributed by atoms with Gasteiger partial charge in [-0.1, -0.05) is 17.3 Å². The Morgan fingerprint density at radius 1 is 1.39 bits per heavy atom. The van der Waals surface area contributed by atoms with Gasteiger partial charge in [-0.15, -0.1) is 5.10 Å². The molecule has 0 radical (unpaired) electrons. The first-order chi connectivity index (χ1) is 13.5. The predicted octanol–water partition coefficient (Wildman–Crippen LogP) is -1.80. The molecule has 1 aromatic carbocycles. The molecular formula is C16H20BN5O6. The van der Waals surface area contributed by atoms with E-state index in [1.165, 1.54) is 10.7 Å². The van der Waals surface area contributed by atoms with E-state index >= 15 is 0 Å². The van der Waals surface area contributed by atoms with E-state index in [0.29, 0.717) is 24.3 Å². The van der Waals surface area contributed by atoms with Crippen LogP contribution in [0.3, 0.4) is 0 Å². The average molecular weight is 389 g/mol. The smallest absolute Gasteiger partial charge is 0.534 e. The fourth-order valence-corrected chi connectivity index (χ4v) is 2.91. The van der Waals surface area contributed by atoms with Crippen LogP contribution in [-0.4, -0.2) is 68.3 Å². The number of aromatic carboxylic acids is 1. The lowest BCUT2D eigenvalue weighted by atomic mass is 9.72. The van der Waals surface area contributed by atoms with Gasteiger partial charge in [0.25, 0.3) is 0 Å². The third-order valence-electron chi connectivity index (χ3n) is 4.18. The molecule has 0 bridgehead atoms. The number of fused-ring (bicyclic) bond motifs is 1. The second kappa shape index (κ2) is 8.82. The number of rotatable bonds is 8. The molecule has 1 aliphatic heterocycles. The molecule has 28 heavy (non-hydrogen) atoms. The highest BCUT2D eigenvalue weighted by Crippen LogP contribution is 2.30. The highest BCUT2D eigenvalue weighted by atomic mass is 16.5. The van der Waals surface area contributed by atoms with E-state index in [1.807, 2.05) is 0 Å². The van der Waals surface area contributed by atoms with E-state index in [-0.39, 0.29) is 30.9 Å². The van der Waals surface area contributed by atoms with Crippen molar-refractivity contribution in [3.8, 4) is 5.75 Å². The van der Waals surface area contributed by atoms with Crippen LogP contribution in [0.25, 0.3) is 0 Å². The standard InChI is InChI=1S/C16H20BN5O6/c23-5-4-18-7-11-8-22(21-20-11)9-14(24)19-13-6-10-2-1-3-12(16(25)26)15(10)28-17(13)27/h1-3,8,13,18,23,27H,4-7,9H2,(H,19,24)(H,25,26). The third kappa shape index (κ3) is 4.66. The van der Waals surface area contributed by atoms with Crippen LogP contribution in [0.2, 0.25) is 0 Å². The SMILES string of the molecule is O=C(Cn1cc(CNCCO)nn1)NC1Cc2cccc(C(=O)O)c2OB1O. The van der Waals surface area contributed by atoms with Crippen molar-refractivity contribution in [3.63, 3.8) is 0 Å². The maximum absolute atomic E-state index is 12.3. The summed E-state index contributed by atoms with van der Waals surface area (Å²) in [6.45, 7) is 0.760. The van der Waals surface area contributed by atoms with Gasteiger partial charge in [-0.3, -0.25) is 4.79 Å². The van der Waals surface area contributed by atoms with Crippen LogP contribution < -0.4 is 15.3 Å². The molecule has 0 fully saturated rings. The Morgan fingerprint density at radius 3 is 2.96 bits per heavy atom. The minimum absolute atomic E-state index is 0.0133. The number of aliphatic hydroxyl groups excluding tert-OH is 1. The molecule has 1 aromatic heterocycles. The number of para-hydroxylation sites is 1. The van der Waals surface area contributed by atoms with Crippen LogP contribution in [-0.2, 0) is 24.3 Å². The molecule has 12 heteroatoms. The van der Waals surface area contributed by atoms with Gasteiger partial charge in [-0.05, 0) is 18.1 Å². The van der Waals surface area contributed by atoms with E-state index < -0.39 is 24.9 Å². The molecule has 3 rings (SSSR count). The Labute approximate surface area is 160 Å². The van der Waals surface area contributed by atoms with Gasteiger partial charge in [0.1, 0.15) is 12.3 Å². The molecule has 1 atom stereocenters. The summed E-state index contributed by atoms with van der Waals surface area (Å²) in [6.07, 6.45) is 1.84. The summed E-state index contributed by atoms with van der Waals surface area (Å²) in [5, 5.41) is 41.5. The molecule has 11 nitrogen and oxygen atoms in total. The van der Waals surface area contributed by atoms with E-state index in [2.05, 4.69) is 20.9 Å². The molecule has 1 aliphatic rings. The lowest BCUT2D eigenvalue weighted by Crippen LogP contribution is -2.53. The first-order valence-corrected chi connectivity index (χ1v) is 8.67. The van der Waals surface area contributed by atoms with Crippen molar-refractivity contribution in [2.75, 3.05) is 13.2 Å². The number of carboxylic acid groups (broad SMARTS) is 1. The number of amides is 1. The molecule has 5 N–H and O–H groups in total. The first kappa shape index (κ1) is 19.8. The van der Waals surface area contributed by atoms with Gasteiger partial charge in [0.2, 0.25) is 5.91 Å². The maximum Gasteiger partial charge on any atom is 0.547 e. The van der Waals surface area contributed by atoms with Crippen molar-refractivity contribution in [1.29, 1.82) is 0 Å². The Bertz CT molecular complexity index is 860. The molecule has 2 aromatic rings. The molecule has 0 aliphatic carbocycles. The van der Waals surface area contributed by atoms with E-state index in [9.17, 15) is 19.7 Å². The van der Waals surface area contributed by atoms with Gasteiger partial charge in [-0.2, -0.15) is 0 Å². The van der Waals surface area contributed by atoms with Crippen LogP contribution in [0.4, 0.5) is 0 Å². The van der Waals surface area contributed by atoms with Crippen LogP contribution in [0.5, 0.6) is 5.75 Å². The number of aliphatic hydroxyl groups is 1. The largest absolute Gasteiger partial charge is 0.547 e. The van der Waals surface area contributed by atoms with Gasteiger partial charge >= 0.3 is 13.1 Å². The molecule has 0 spiro atoms. The lowest BCUT2D eigenvalue weighted by Gasteiger charge is -2.28. The molecular weight excluding hydrogens is 369 g/mol. The molecule has 0 saturated carbocycles. The lowest BCUT2D eigenvalue weighted by molar-refractivity contribution is -0.122. The quantitative estimate of drug-likeness (QED) is 0.259. The van der Waals surface area contributed by atoms with Crippen LogP contribution in [0, 0.1) is 0 Å². The number of hydrogen-bond acceptors (Lipinski definition) is 8. The Kier molecular flexibility index (Phi) is 6.24. The number of carbonyl (C=O) groups excluding carboxylic acids is 1. The topological polar surface area (TPSA) is 159 Å². The fourth-order valence-electron chi connectivity index (χ4n) is 2.91. The number of carboxylic acids is 1. The molecule has 148 valence electrons. The van der Waals surface area contributed by atoms with Crippen molar-refractivity contribution < 1.29 is 29.5 Å². The average Bonchev–Trinajstić information content (AvgIpc) is 3.09. The molecule has 1 amide bonds. The summed E-state index contributed by atoms with van der Waals surface area (Å²) in [6, 6.07) is 4.67. The number of nitrogens with one attached hydrogen (secondary N) is 2. The first-order valence-electron chi connectivity index (χ1n) is 8.67. The molecule has 2 heterocycles. The summed E-state index contributed by atoms with van der Waals surface area (Å²) in [4.78, 5) is 23.5. The zero-order chi connectivity index (χ0) is 20.1. The van der Waals surface area contributed by atoms with Gasteiger partial charge < -0.3 is 30.5 Å². The van der Waals surface area contributed by atoms with Crippen molar-refractivity contribution in [2.24, 2.45) is 0 Å². The maximum atomic E-state index is 12.3. The van der Waals surface area contributed by atoms with Crippen LogP contribution >= 0.6 is 0 Å².